The molecule has 0 aromatic carbocycles. The van der Waals surface area contributed by atoms with Crippen molar-refractivity contribution >= 4 is 0 Å². The van der Waals surface area contributed by atoms with Crippen LogP contribution in [-0.2, 0) is 12.1 Å². The number of likely N-dealkylation sites (tertiary alicyclic amines) is 1. The van der Waals surface area contributed by atoms with Gasteiger partial charge in [0.05, 0.1) is 17.4 Å². The van der Waals surface area contributed by atoms with E-state index in [1.807, 2.05) is 4.68 Å². The molecule has 0 radical (unpaired) electrons. The van der Waals surface area contributed by atoms with Crippen LogP contribution in [0.4, 0.5) is 0 Å². The molecule has 1 spiro atoms. The van der Waals surface area contributed by atoms with E-state index in [0.717, 1.165) is 12.2 Å². The van der Waals surface area contributed by atoms with E-state index < -0.39 is 0 Å². The lowest BCUT2D eigenvalue weighted by Crippen LogP contribution is -2.29. The van der Waals surface area contributed by atoms with Crippen molar-refractivity contribution in [3.05, 3.63) is 11.9 Å². The van der Waals surface area contributed by atoms with Crippen LogP contribution >= 0.6 is 0 Å². The summed E-state index contributed by atoms with van der Waals surface area (Å²) >= 11 is 0. The summed E-state index contributed by atoms with van der Waals surface area (Å²) in [7, 11) is 0. The monoisotopic (exact) mass is 263 g/mol. The Kier molecular flexibility index (Phi) is 3.14. The quantitative estimate of drug-likeness (QED) is 0.871. The lowest BCUT2D eigenvalue weighted by molar-refractivity contribution is 0.266. The fraction of sp³-hybridized carbons (Fsp3) is 0.857. The summed E-state index contributed by atoms with van der Waals surface area (Å²) in [5, 5.41) is 12.1. The van der Waals surface area contributed by atoms with Crippen molar-refractivity contribution in [2.75, 3.05) is 26.2 Å². The molecule has 106 valence electrons. The zero-order valence-corrected chi connectivity index (χ0v) is 12.3. The number of nitrogens with one attached hydrogen (secondary N) is 1. The molecule has 2 fully saturated rings. The van der Waals surface area contributed by atoms with Crippen molar-refractivity contribution < 1.29 is 0 Å². The minimum atomic E-state index is 0.0207. The predicted molar refractivity (Wildman–Crippen MR) is 74.8 cm³/mol. The second-order valence-corrected chi connectivity index (χ2v) is 7.21. The molecule has 1 aromatic rings. The molecule has 0 amide bonds. The van der Waals surface area contributed by atoms with E-state index in [1.165, 1.54) is 39.0 Å². The van der Waals surface area contributed by atoms with E-state index in [2.05, 4.69) is 47.5 Å². The first-order valence-electron chi connectivity index (χ1n) is 7.32. The Labute approximate surface area is 115 Å². The molecule has 2 saturated heterocycles. The summed E-state index contributed by atoms with van der Waals surface area (Å²) in [6.45, 7) is 12.2. The third-order valence-electron chi connectivity index (χ3n) is 4.46. The van der Waals surface area contributed by atoms with Gasteiger partial charge in [0.25, 0.3) is 0 Å². The molecule has 0 saturated carbocycles. The summed E-state index contributed by atoms with van der Waals surface area (Å²) in [4.78, 5) is 2.53. The molecule has 1 unspecified atom stereocenters. The molecule has 5 nitrogen and oxygen atoms in total. The first kappa shape index (κ1) is 13.1. The van der Waals surface area contributed by atoms with Crippen LogP contribution in [0.3, 0.4) is 0 Å². The van der Waals surface area contributed by atoms with Crippen LogP contribution < -0.4 is 5.32 Å². The third kappa shape index (κ3) is 2.67. The lowest BCUT2D eigenvalue weighted by Gasteiger charge is -2.22. The summed E-state index contributed by atoms with van der Waals surface area (Å²) in [5.41, 5.74) is 1.66. The highest BCUT2D eigenvalue weighted by Crippen LogP contribution is 2.36. The van der Waals surface area contributed by atoms with Gasteiger partial charge in [-0.3, -0.25) is 4.90 Å². The molecule has 1 aromatic heterocycles. The van der Waals surface area contributed by atoms with Gasteiger partial charge in [-0.05, 0) is 52.1 Å². The van der Waals surface area contributed by atoms with Crippen molar-refractivity contribution in [3.8, 4) is 0 Å². The zero-order chi connectivity index (χ0) is 13.5. The Hall–Kier alpha value is -0.940. The first-order chi connectivity index (χ1) is 8.97. The van der Waals surface area contributed by atoms with Crippen LogP contribution in [0.1, 0.15) is 39.3 Å². The van der Waals surface area contributed by atoms with E-state index in [4.69, 9.17) is 0 Å². The van der Waals surface area contributed by atoms with E-state index in [9.17, 15) is 0 Å². The standard InChI is InChI=1S/C14H25N5/c1-13(2,3)19-9-12(16-17-19)8-18-7-5-14(11-18)4-6-15-10-14/h9,15H,4-8,10-11H2,1-3H3. The third-order valence-corrected chi connectivity index (χ3v) is 4.46. The minimum Gasteiger partial charge on any atom is -0.316 e. The molecule has 2 aliphatic heterocycles. The Bertz CT molecular complexity index is 439. The molecule has 0 aliphatic carbocycles. The maximum absolute atomic E-state index is 4.32. The summed E-state index contributed by atoms with van der Waals surface area (Å²) in [6.07, 6.45) is 4.75. The average Bonchev–Trinajstić information content (AvgIpc) is 3.01. The number of nitrogens with zero attached hydrogens (tertiary/aromatic N) is 4. The molecule has 1 atom stereocenters. The highest BCUT2D eigenvalue weighted by molar-refractivity contribution is 5.00. The molecular weight excluding hydrogens is 238 g/mol. The van der Waals surface area contributed by atoms with Gasteiger partial charge in [0.1, 0.15) is 0 Å². The average molecular weight is 263 g/mol. The van der Waals surface area contributed by atoms with Gasteiger partial charge in [-0.2, -0.15) is 0 Å². The molecule has 3 heterocycles. The van der Waals surface area contributed by atoms with Crippen LogP contribution in [0.5, 0.6) is 0 Å². The summed E-state index contributed by atoms with van der Waals surface area (Å²) < 4.78 is 1.96. The Balaban J connectivity index is 1.62. The highest BCUT2D eigenvalue weighted by atomic mass is 15.4. The van der Waals surface area contributed by atoms with E-state index >= 15 is 0 Å². The largest absolute Gasteiger partial charge is 0.316 e. The number of rotatable bonds is 2. The van der Waals surface area contributed by atoms with Crippen LogP contribution in [0.15, 0.2) is 6.20 Å². The Morgan fingerprint density at radius 1 is 1.37 bits per heavy atom. The molecule has 2 aliphatic rings. The van der Waals surface area contributed by atoms with Crippen LogP contribution in [0.2, 0.25) is 0 Å². The van der Waals surface area contributed by atoms with Gasteiger partial charge in [-0.1, -0.05) is 5.21 Å². The van der Waals surface area contributed by atoms with Gasteiger partial charge in [-0.25, -0.2) is 4.68 Å². The van der Waals surface area contributed by atoms with Crippen molar-refractivity contribution in [2.45, 2.75) is 45.7 Å². The maximum atomic E-state index is 4.32. The predicted octanol–water partition coefficient (Wildman–Crippen LogP) is 1.22. The van der Waals surface area contributed by atoms with Crippen LogP contribution in [0.25, 0.3) is 0 Å². The molecule has 1 N–H and O–H groups in total. The van der Waals surface area contributed by atoms with Crippen molar-refractivity contribution in [3.63, 3.8) is 0 Å². The maximum Gasteiger partial charge on any atom is 0.0967 e. The van der Waals surface area contributed by atoms with Crippen molar-refractivity contribution in [1.82, 2.24) is 25.2 Å². The first-order valence-corrected chi connectivity index (χ1v) is 7.32. The summed E-state index contributed by atoms with van der Waals surface area (Å²) in [5.74, 6) is 0. The van der Waals surface area contributed by atoms with Crippen molar-refractivity contribution in [2.24, 2.45) is 5.41 Å². The van der Waals surface area contributed by atoms with Gasteiger partial charge in [0, 0.05) is 19.6 Å². The number of hydrogen-bond donors (Lipinski definition) is 1. The molecule has 5 heteroatoms. The van der Waals surface area contributed by atoms with Gasteiger partial charge in [0.15, 0.2) is 0 Å². The summed E-state index contributed by atoms with van der Waals surface area (Å²) in [6, 6.07) is 0. The Morgan fingerprint density at radius 2 is 2.21 bits per heavy atom. The zero-order valence-electron chi connectivity index (χ0n) is 12.3. The van der Waals surface area contributed by atoms with Gasteiger partial charge in [-0.15, -0.1) is 5.10 Å². The van der Waals surface area contributed by atoms with Crippen molar-refractivity contribution in [1.29, 1.82) is 0 Å². The van der Waals surface area contributed by atoms with Gasteiger partial charge < -0.3 is 5.32 Å². The molecule has 0 bridgehead atoms. The number of hydrogen-bond acceptors (Lipinski definition) is 4. The molecular formula is C14H25N5. The highest BCUT2D eigenvalue weighted by Gasteiger charge is 2.40. The van der Waals surface area contributed by atoms with E-state index in [-0.39, 0.29) is 5.54 Å². The lowest BCUT2D eigenvalue weighted by atomic mass is 9.87. The number of aromatic nitrogens is 3. The Morgan fingerprint density at radius 3 is 2.84 bits per heavy atom. The minimum absolute atomic E-state index is 0.0207. The smallest absolute Gasteiger partial charge is 0.0967 e. The topological polar surface area (TPSA) is 46.0 Å². The molecule has 19 heavy (non-hydrogen) atoms. The fourth-order valence-electron chi connectivity index (χ4n) is 3.23. The fourth-order valence-corrected chi connectivity index (χ4v) is 3.23. The second kappa shape index (κ2) is 4.56. The van der Waals surface area contributed by atoms with Gasteiger partial charge in [0.2, 0.25) is 0 Å². The van der Waals surface area contributed by atoms with E-state index in [0.29, 0.717) is 5.41 Å². The van der Waals surface area contributed by atoms with Crippen LogP contribution in [-0.4, -0.2) is 46.1 Å². The van der Waals surface area contributed by atoms with Gasteiger partial charge >= 0.3 is 0 Å². The SMILES string of the molecule is CC(C)(C)n1cc(CN2CCC3(CCNC3)C2)nn1. The van der Waals surface area contributed by atoms with E-state index in [1.54, 1.807) is 0 Å². The van der Waals surface area contributed by atoms with Crippen LogP contribution in [0, 0.1) is 5.41 Å². The normalized spacial score (nSPS) is 28.6. The molecule has 3 rings (SSSR count). The second-order valence-electron chi connectivity index (χ2n) is 7.21.